The molecule has 4 N–H and O–H groups in total. The molecule has 16 heavy (non-hydrogen) atoms. The molecule has 82 valence electrons. The maximum absolute atomic E-state index is 11.2. The number of nitrogens with zero attached hydrogens (tertiary/aromatic N) is 1. The van der Waals surface area contributed by atoms with E-state index in [0.717, 1.165) is 11.1 Å². The number of amides is 1. The third kappa shape index (κ3) is 1.63. The Morgan fingerprint density at radius 2 is 1.94 bits per heavy atom. The molecule has 0 aliphatic rings. The van der Waals surface area contributed by atoms with Gasteiger partial charge in [0.15, 0.2) is 0 Å². The predicted octanol–water partition coefficient (Wildman–Crippen LogP) is 1.33. The van der Waals surface area contributed by atoms with Crippen LogP contribution in [0.15, 0.2) is 28.8 Å². The zero-order valence-electron chi connectivity index (χ0n) is 8.73. The van der Waals surface area contributed by atoms with E-state index in [4.69, 9.17) is 16.0 Å². The number of hydrogen-bond donors (Lipinski definition) is 2. The number of aryl methyl sites for hydroxylation is 1. The van der Waals surface area contributed by atoms with Crippen LogP contribution in [0.2, 0.25) is 0 Å². The third-order valence-electron chi connectivity index (χ3n) is 2.29. The van der Waals surface area contributed by atoms with E-state index in [0.29, 0.717) is 5.69 Å². The number of nitrogens with two attached hydrogens (primary N) is 2. The number of nitrogen functional groups attached to an aromatic ring is 1. The van der Waals surface area contributed by atoms with E-state index in [1.807, 2.05) is 31.2 Å². The van der Waals surface area contributed by atoms with Gasteiger partial charge in [0.1, 0.15) is 11.3 Å². The Labute approximate surface area is 92.0 Å². The summed E-state index contributed by atoms with van der Waals surface area (Å²) in [7, 11) is 0. The summed E-state index contributed by atoms with van der Waals surface area (Å²) < 4.78 is 4.77. The van der Waals surface area contributed by atoms with Gasteiger partial charge in [0, 0.05) is 5.56 Å². The van der Waals surface area contributed by atoms with E-state index < -0.39 is 5.91 Å². The normalized spacial score (nSPS) is 10.3. The highest BCUT2D eigenvalue weighted by Crippen LogP contribution is 2.26. The molecular weight excluding hydrogens is 206 g/mol. The minimum absolute atomic E-state index is 0.0527. The fourth-order valence-electron chi connectivity index (χ4n) is 1.45. The Bertz CT molecular complexity index is 529. The molecule has 0 saturated heterocycles. The van der Waals surface area contributed by atoms with Gasteiger partial charge in [0.05, 0.1) is 0 Å². The predicted molar refractivity (Wildman–Crippen MR) is 59.6 cm³/mol. The van der Waals surface area contributed by atoms with Crippen LogP contribution in [0.3, 0.4) is 0 Å². The summed E-state index contributed by atoms with van der Waals surface area (Å²) in [6.07, 6.45) is 0. The van der Waals surface area contributed by atoms with Crippen molar-refractivity contribution in [1.29, 1.82) is 0 Å². The molecule has 0 aliphatic heterocycles. The molecule has 0 radical (unpaired) electrons. The van der Waals surface area contributed by atoms with Crippen LogP contribution < -0.4 is 11.5 Å². The van der Waals surface area contributed by atoms with Crippen molar-refractivity contribution in [1.82, 2.24) is 5.16 Å². The molecule has 0 spiro atoms. The van der Waals surface area contributed by atoms with E-state index in [9.17, 15) is 4.79 Å². The largest absolute Gasteiger partial charge is 0.367 e. The van der Waals surface area contributed by atoms with Crippen molar-refractivity contribution in [2.24, 2.45) is 5.73 Å². The maximum atomic E-state index is 11.2. The first-order valence-electron chi connectivity index (χ1n) is 4.71. The first kappa shape index (κ1) is 10.2. The Kier molecular flexibility index (Phi) is 2.36. The van der Waals surface area contributed by atoms with Gasteiger partial charge in [-0.25, -0.2) is 0 Å². The number of anilines is 1. The lowest BCUT2D eigenvalue weighted by molar-refractivity contribution is 0.100. The van der Waals surface area contributed by atoms with Gasteiger partial charge in [0.25, 0.3) is 5.91 Å². The van der Waals surface area contributed by atoms with Crippen LogP contribution in [0.4, 0.5) is 5.88 Å². The van der Waals surface area contributed by atoms with Crippen molar-refractivity contribution in [3.05, 3.63) is 35.4 Å². The smallest absolute Gasteiger partial charge is 0.256 e. The number of carbonyl (C=O) groups excluding carboxylic acids is 1. The van der Waals surface area contributed by atoms with E-state index >= 15 is 0 Å². The highest BCUT2D eigenvalue weighted by atomic mass is 16.5. The summed E-state index contributed by atoms with van der Waals surface area (Å²) >= 11 is 0. The molecule has 0 fully saturated rings. The number of hydrogen-bond acceptors (Lipinski definition) is 4. The Morgan fingerprint density at radius 3 is 2.50 bits per heavy atom. The summed E-state index contributed by atoms with van der Waals surface area (Å²) in [5, 5.41) is 3.74. The van der Waals surface area contributed by atoms with E-state index in [1.165, 1.54) is 0 Å². The van der Waals surface area contributed by atoms with Gasteiger partial charge in [-0.1, -0.05) is 35.0 Å². The number of aromatic nitrogens is 1. The molecule has 0 saturated carbocycles. The lowest BCUT2D eigenvalue weighted by atomic mass is 10.1. The zero-order valence-corrected chi connectivity index (χ0v) is 8.73. The molecule has 1 heterocycles. The minimum Gasteiger partial charge on any atom is -0.367 e. The lowest BCUT2D eigenvalue weighted by Gasteiger charge is -1.99. The van der Waals surface area contributed by atoms with E-state index in [2.05, 4.69) is 5.16 Å². The van der Waals surface area contributed by atoms with Gasteiger partial charge in [0.2, 0.25) is 5.88 Å². The number of benzene rings is 1. The van der Waals surface area contributed by atoms with Crippen LogP contribution in [-0.4, -0.2) is 11.1 Å². The van der Waals surface area contributed by atoms with Crippen LogP contribution in [0.1, 0.15) is 15.9 Å². The molecule has 5 nitrogen and oxygen atoms in total. The standard InChI is InChI=1S/C11H11N3O2/c1-6-2-4-7(5-3-6)9-8(10(12)15)11(13)16-14-9/h2-5H,13H2,1H3,(H2,12,15). The Balaban J connectivity index is 2.56. The second-order valence-corrected chi connectivity index (χ2v) is 3.50. The highest BCUT2D eigenvalue weighted by Gasteiger charge is 2.19. The van der Waals surface area contributed by atoms with E-state index in [-0.39, 0.29) is 11.4 Å². The summed E-state index contributed by atoms with van der Waals surface area (Å²) in [5.41, 5.74) is 13.1. The van der Waals surface area contributed by atoms with Crippen molar-refractivity contribution in [2.75, 3.05) is 5.73 Å². The Morgan fingerprint density at radius 1 is 1.31 bits per heavy atom. The Hall–Kier alpha value is -2.30. The second kappa shape index (κ2) is 3.69. The van der Waals surface area contributed by atoms with Gasteiger partial charge < -0.3 is 16.0 Å². The fourth-order valence-corrected chi connectivity index (χ4v) is 1.45. The first-order valence-corrected chi connectivity index (χ1v) is 4.71. The molecule has 0 aliphatic carbocycles. The third-order valence-corrected chi connectivity index (χ3v) is 2.29. The van der Waals surface area contributed by atoms with E-state index in [1.54, 1.807) is 0 Å². The molecule has 2 rings (SSSR count). The topological polar surface area (TPSA) is 95.1 Å². The molecule has 1 amide bonds. The molecule has 5 heteroatoms. The van der Waals surface area contributed by atoms with Gasteiger partial charge >= 0.3 is 0 Å². The van der Waals surface area contributed by atoms with Crippen LogP contribution >= 0.6 is 0 Å². The monoisotopic (exact) mass is 217 g/mol. The lowest BCUT2D eigenvalue weighted by Crippen LogP contribution is -2.13. The number of primary amides is 1. The molecule has 1 aromatic carbocycles. The molecule has 1 aromatic heterocycles. The van der Waals surface area contributed by atoms with Gasteiger partial charge in [-0.15, -0.1) is 0 Å². The van der Waals surface area contributed by atoms with Crippen molar-refractivity contribution in [3.8, 4) is 11.3 Å². The summed E-state index contributed by atoms with van der Waals surface area (Å²) in [5.74, 6) is -0.697. The fraction of sp³-hybridized carbons (Fsp3) is 0.0909. The summed E-state index contributed by atoms with van der Waals surface area (Å²) in [6.45, 7) is 1.97. The number of carbonyl (C=O) groups is 1. The molecule has 0 bridgehead atoms. The summed E-state index contributed by atoms with van der Waals surface area (Å²) in [4.78, 5) is 11.2. The van der Waals surface area contributed by atoms with Gasteiger partial charge in [-0.05, 0) is 6.92 Å². The first-order chi connectivity index (χ1) is 7.59. The summed E-state index contributed by atoms with van der Waals surface area (Å²) in [6, 6.07) is 7.48. The molecule has 0 atom stereocenters. The van der Waals surface area contributed by atoms with Crippen LogP contribution in [0, 0.1) is 6.92 Å². The number of rotatable bonds is 2. The highest BCUT2D eigenvalue weighted by molar-refractivity contribution is 6.02. The van der Waals surface area contributed by atoms with Crippen molar-refractivity contribution < 1.29 is 9.32 Å². The SMILES string of the molecule is Cc1ccc(-c2noc(N)c2C(N)=O)cc1. The second-order valence-electron chi connectivity index (χ2n) is 3.50. The average molecular weight is 217 g/mol. The molecule has 2 aromatic rings. The van der Waals surface area contributed by atoms with Gasteiger partial charge in [-0.2, -0.15) is 0 Å². The quantitative estimate of drug-likeness (QED) is 0.793. The van der Waals surface area contributed by atoms with Crippen molar-refractivity contribution >= 4 is 11.8 Å². The van der Waals surface area contributed by atoms with Crippen molar-refractivity contribution in [3.63, 3.8) is 0 Å². The van der Waals surface area contributed by atoms with Crippen LogP contribution in [-0.2, 0) is 0 Å². The molecule has 0 unspecified atom stereocenters. The zero-order chi connectivity index (χ0) is 11.7. The average Bonchev–Trinajstić information content (AvgIpc) is 2.61. The molecular formula is C11H11N3O2. The van der Waals surface area contributed by atoms with Crippen molar-refractivity contribution in [2.45, 2.75) is 6.92 Å². The minimum atomic E-state index is -0.644. The van der Waals surface area contributed by atoms with Crippen LogP contribution in [0.5, 0.6) is 0 Å². The van der Waals surface area contributed by atoms with Crippen LogP contribution in [0.25, 0.3) is 11.3 Å². The maximum Gasteiger partial charge on any atom is 0.256 e. The van der Waals surface area contributed by atoms with Gasteiger partial charge in [-0.3, -0.25) is 4.79 Å².